The van der Waals surface area contributed by atoms with Gasteiger partial charge in [-0.15, -0.1) is 0 Å². The number of anilines is 2. The van der Waals surface area contributed by atoms with Crippen LogP contribution in [0.25, 0.3) is 22.3 Å². The molecule has 4 heterocycles. The molecule has 1 aliphatic heterocycles. The fourth-order valence-electron chi connectivity index (χ4n) is 5.53. The predicted octanol–water partition coefficient (Wildman–Crippen LogP) is 5.39. The molecule has 236 valence electrons. The monoisotopic (exact) mass is 627 g/mol. The summed E-state index contributed by atoms with van der Waals surface area (Å²) in [5.74, 6) is -1.13. The Kier molecular flexibility index (Phi) is 7.70. The third kappa shape index (κ3) is 5.94. The molecular formula is C33H31F2N7O4. The second-order valence-corrected chi connectivity index (χ2v) is 11.7. The van der Waals surface area contributed by atoms with Crippen molar-refractivity contribution in [1.82, 2.24) is 25.0 Å². The summed E-state index contributed by atoms with van der Waals surface area (Å²) in [7, 11) is 2.11. The molecule has 7 rings (SSSR count). The Balaban J connectivity index is 1.05. The third-order valence-electron chi connectivity index (χ3n) is 8.47. The van der Waals surface area contributed by atoms with Gasteiger partial charge >= 0.3 is 0 Å². The maximum Gasteiger partial charge on any atom is 0.240 e. The number of ether oxygens (including phenoxy) is 1. The maximum atomic E-state index is 15.3. The molecule has 2 aliphatic rings. The van der Waals surface area contributed by atoms with Crippen molar-refractivity contribution in [1.29, 1.82) is 0 Å². The van der Waals surface area contributed by atoms with Crippen molar-refractivity contribution < 1.29 is 27.5 Å². The van der Waals surface area contributed by atoms with Gasteiger partial charge in [-0.1, -0.05) is 0 Å². The molecule has 3 aromatic heterocycles. The Hall–Kier alpha value is -5.14. The quantitative estimate of drug-likeness (QED) is 0.186. The van der Waals surface area contributed by atoms with Crippen LogP contribution in [0.2, 0.25) is 0 Å². The zero-order valence-corrected chi connectivity index (χ0v) is 25.0. The van der Waals surface area contributed by atoms with E-state index in [2.05, 4.69) is 42.7 Å². The summed E-state index contributed by atoms with van der Waals surface area (Å²) < 4.78 is 40.4. The molecule has 0 bridgehead atoms. The molecule has 2 amide bonds. The molecule has 0 atom stereocenters. The number of H-pyrrole nitrogens is 1. The summed E-state index contributed by atoms with van der Waals surface area (Å²) in [5, 5.41) is 13.2. The molecule has 1 aliphatic carbocycles. The van der Waals surface area contributed by atoms with E-state index in [1.165, 1.54) is 42.6 Å². The van der Waals surface area contributed by atoms with Crippen molar-refractivity contribution in [3.63, 3.8) is 0 Å². The molecule has 2 aromatic carbocycles. The summed E-state index contributed by atoms with van der Waals surface area (Å²) in [5.41, 5.74) is 1.06. The van der Waals surface area contributed by atoms with E-state index in [9.17, 15) is 14.0 Å². The van der Waals surface area contributed by atoms with Crippen LogP contribution in [0.3, 0.4) is 0 Å². The van der Waals surface area contributed by atoms with E-state index >= 15 is 4.39 Å². The minimum absolute atomic E-state index is 0.0733. The van der Waals surface area contributed by atoms with E-state index in [1.807, 2.05) is 6.07 Å². The number of carbonyl (C=O) groups is 2. The van der Waals surface area contributed by atoms with Crippen LogP contribution >= 0.6 is 0 Å². The first-order chi connectivity index (χ1) is 22.3. The Morgan fingerprint density at radius 2 is 1.67 bits per heavy atom. The number of nitrogens with one attached hydrogen (secondary N) is 3. The van der Waals surface area contributed by atoms with Crippen LogP contribution in [0, 0.1) is 17.0 Å². The number of halogens is 2. The lowest BCUT2D eigenvalue weighted by Gasteiger charge is -2.31. The first-order valence-electron chi connectivity index (χ1n) is 14.9. The molecule has 0 unspecified atom stereocenters. The summed E-state index contributed by atoms with van der Waals surface area (Å²) in [6.45, 7) is 4.62. The van der Waals surface area contributed by atoms with Crippen LogP contribution in [0.1, 0.15) is 18.6 Å². The molecule has 13 heteroatoms. The number of likely N-dealkylation sites (N-methyl/N-ethyl adjacent to an activating group) is 1. The van der Waals surface area contributed by atoms with E-state index in [4.69, 9.17) is 9.15 Å². The molecule has 0 radical (unpaired) electrons. The van der Waals surface area contributed by atoms with Crippen LogP contribution in [-0.2, 0) is 16.1 Å². The fraction of sp³-hybridized carbons (Fsp3) is 0.273. The van der Waals surface area contributed by atoms with Gasteiger partial charge in [0.15, 0.2) is 17.2 Å². The first-order valence-corrected chi connectivity index (χ1v) is 14.9. The normalized spacial score (nSPS) is 16.3. The smallest absolute Gasteiger partial charge is 0.240 e. The molecular weight excluding hydrogens is 596 g/mol. The number of rotatable bonds is 9. The number of nitrogens with zero attached hydrogens (tertiary/aromatic N) is 4. The summed E-state index contributed by atoms with van der Waals surface area (Å²) >= 11 is 0. The van der Waals surface area contributed by atoms with Gasteiger partial charge in [0.25, 0.3) is 0 Å². The van der Waals surface area contributed by atoms with E-state index in [0.717, 1.165) is 43.6 Å². The molecule has 1 saturated carbocycles. The van der Waals surface area contributed by atoms with Gasteiger partial charge in [-0.2, -0.15) is 5.10 Å². The van der Waals surface area contributed by atoms with Gasteiger partial charge in [0.05, 0.1) is 17.6 Å². The van der Waals surface area contributed by atoms with Gasteiger partial charge in [-0.05, 0) is 68.4 Å². The second kappa shape index (κ2) is 12.0. The van der Waals surface area contributed by atoms with Crippen LogP contribution in [-0.4, -0.2) is 70.0 Å². The SMILES string of the molecule is CN1CCN(Cc2cc(-c3[nH]nc4nccc(Oc5ccc(NC(=O)C6(C(=O)Nc7ccc(F)cc7)CC6)cc5F)c34)co2)CC1. The van der Waals surface area contributed by atoms with E-state index in [0.29, 0.717) is 47.6 Å². The van der Waals surface area contributed by atoms with Crippen LogP contribution in [0.5, 0.6) is 11.5 Å². The average molecular weight is 628 g/mol. The first kappa shape index (κ1) is 29.6. The van der Waals surface area contributed by atoms with Crippen molar-refractivity contribution in [2.45, 2.75) is 19.4 Å². The lowest BCUT2D eigenvalue weighted by molar-refractivity contribution is -0.131. The lowest BCUT2D eigenvalue weighted by Crippen LogP contribution is -2.43. The van der Waals surface area contributed by atoms with E-state index < -0.39 is 28.9 Å². The van der Waals surface area contributed by atoms with Crippen molar-refractivity contribution in [3.05, 3.63) is 84.5 Å². The zero-order valence-electron chi connectivity index (χ0n) is 25.0. The molecule has 46 heavy (non-hydrogen) atoms. The van der Waals surface area contributed by atoms with Gasteiger partial charge in [0.1, 0.15) is 29.0 Å². The van der Waals surface area contributed by atoms with Crippen molar-refractivity contribution in [2.75, 3.05) is 43.9 Å². The van der Waals surface area contributed by atoms with E-state index in [-0.39, 0.29) is 11.4 Å². The van der Waals surface area contributed by atoms with E-state index in [1.54, 1.807) is 12.3 Å². The lowest BCUT2D eigenvalue weighted by atomic mass is 10.0. The number of carbonyl (C=O) groups excluding carboxylic acids is 2. The number of aromatic amines is 1. The Morgan fingerprint density at radius 3 is 2.39 bits per heavy atom. The van der Waals surface area contributed by atoms with Gasteiger partial charge in [0, 0.05) is 55.4 Å². The van der Waals surface area contributed by atoms with Gasteiger partial charge < -0.3 is 24.7 Å². The largest absolute Gasteiger partial charge is 0.467 e. The standard InChI is InChI=1S/C33H31F2N7O4/c1-41-12-14-42(15-13-41)18-24-16-20(19-45-24)29-28-27(8-11-36-30(28)40-39-29)46-26-7-6-23(17-25(26)35)38-32(44)33(9-10-33)31(43)37-22-4-2-21(34)3-5-22/h2-8,11,16-17,19H,9-10,12-15,18H2,1H3,(H,37,43)(H,38,44)(H,36,39,40). The third-order valence-corrected chi connectivity index (χ3v) is 8.47. The summed E-state index contributed by atoms with van der Waals surface area (Å²) in [6, 6.07) is 12.9. The second-order valence-electron chi connectivity index (χ2n) is 11.7. The zero-order chi connectivity index (χ0) is 31.8. The molecule has 0 spiro atoms. The van der Waals surface area contributed by atoms with Gasteiger partial charge in [-0.25, -0.2) is 13.8 Å². The number of benzene rings is 2. The van der Waals surface area contributed by atoms with Crippen LogP contribution in [0.15, 0.2) is 71.5 Å². The predicted molar refractivity (Wildman–Crippen MR) is 166 cm³/mol. The van der Waals surface area contributed by atoms with Crippen molar-refractivity contribution >= 4 is 34.2 Å². The van der Waals surface area contributed by atoms with Crippen LogP contribution in [0.4, 0.5) is 20.2 Å². The minimum atomic E-state index is -1.28. The number of aromatic nitrogens is 3. The number of pyridine rings is 1. The minimum Gasteiger partial charge on any atom is -0.467 e. The highest BCUT2D eigenvalue weighted by Gasteiger charge is 2.56. The molecule has 3 N–H and O–H groups in total. The Morgan fingerprint density at radius 1 is 0.957 bits per heavy atom. The molecule has 5 aromatic rings. The average Bonchev–Trinajstić information content (AvgIpc) is 3.55. The van der Waals surface area contributed by atoms with Crippen molar-refractivity contribution in [3.8, 4) is 22.8 Å². The number of hydrogen-bond donors (Lipinski definition) is 3. The highest BCUT2D eigenvalue weighted by Crippen LogP contribution is 2.47. The summed E-state index contributed by atoms with van der Waals surface area (Å²) in [6.07, 6.45) is 3.86. The molecule has 11 nitrogen and oxygen atoms in total. The summed E-state index contributed by atoms with van der Waals surface area (Å²) in [4.78, 5) is 34.9. The highest BCUT2D eigenvalue weighted by molar-refractivity contribution is 6.16. The molecule has 1 saturated heterocycles. The highest BCUT2D eigenvalue weighted by atomic mass is 19.1. The topological polar surface area (TPSA) is 129 Å². The number of furan rings is 1. The molecule has 2 fully saturated rings. The van der Waals surface area contributed by atoms with Gasteiger partial charge in [0.2, 0.25) is 11.8 Å². The number of piperazine rings is 1. The van der Waals surface area contributed by atoms with Crippen LogP contribution < -0.4 is 15.4 Å². The Bertz CT molecular complexity index is 1910. The fourth-order valence-corrected chi connectivity index (χ4v) is 5.53. The number of hydrogen-bond acceptors (Lipinski definition) is 8. The number of fused-ring (bicyclic) bond motifs is 1. The Labute approximate surface area is 262 Å². The van der Waals surface area contributed by atoms with Crippen molar-refractivity contribution in [2.24, 2.45) is 5.41 Å². The number of amides is 2. The van der Waals surface area contributed by atoms with Gasteiger partial charge in [-0.3, -0.25) is 19.6 Å². The maximum absolute atomic E-state index is 15.3.